The molecular formula is C23H37N5O2. The maximum atomic E-state index is 12.4. The van der Waals surface area contributed by atoms with Crippen LogP contribution in [0.3, 0.4) is 0 Å². The Morgan fingerprint density at radius 3 is 2.53 bits per heavy atom. The Hall–Kier alpha value is -2.28. The van der Waals surface area contributed by atoms with Crippen LogP contribution >= 0.6 is 0 Å². The van der Waals surface area contributed by atoms with Gasteiger partial charge in [0.25, 0.3) is 0 Å². The number of hydrogen-bond acceptors (Lipinski definition) is 4. The number of benzene rings is 1. The molecule has 1 aliphatic heterocycles. The van der Waals surface area contributed by atoms with E-state index in [4.69, 9.17) is 4.74 Å². The van der Waals surface area contributed by atoms with Gasteiger partial charge in [-0.1, -0.05) is 24.1 Å². The fourth-order valence-electron chi connectivity index (χ4n) is 4.08. The summed E-state index contributed by atoms with van der Waals surface area (Å²) in [5, 5.41) is 6.78. The molecular weight excluding hydrogens is 378 g/mol. The van der Waals surface area contributed by atoms with Crippen molar-refractivity contribution < 1.29 is 9.53 Å². The molecule has 7 heteroatoms. The number of nitrogens with one attached hydrogen (secondary N) is 2. The first-order valence-corrected chi connectivity index (χ1v) is 11.2. The highest BCUT2D eigenvalue weighted by molar-refractivity contribution is 5.80. The van der Waals surface area contributed by atoms with Crippen LogP contribution in [0.15, 0.2) is 23.2 Å². The topological polar surface area (TPSA) is 69.2 Å². The SMILES string of the molecule is CN=C(NCCc1cc(C)ccc1OC)NCCN1CCN(C(=O)C2CCC2)CC1. The molecule has 2 N–H and O–H groups in total. The summed E-state index contributed by atoms with van der Waals surface area (Å²) in [6, 6.07) is 6.27. The summed E-state index contributed by atoms with van der Waals surface area (Å²) in [4.78, 5) is 21.2. The van der Waals surface area contributed by atoms with Gasteiger partial charge < -0.3 is 20.3 Å². The molecule has 7 nitrogen and oxygen atoms in total. The van der Waals surface area contributed by atoms with Crippen molar-refractivity contribution in [2.75, 3.05) is 60.0 Å². The van der Waals surface area contributed by atoms with E-state index < -0.39 is 0 Å². The number of guanidine groups is 1. The first kappa shape index (κ1) is 22.4. The van der Waals surface area contributed by atoms with Gasteiger partial charge in [0, 0.05) is 58.8 Å². The van der Waals surface area contributed by atoms with E-state index >= 15 is 0 Å². The molecule has 0 atom stereocenters. The maximum Gasteiger partial charge on any atom is 0.225 e. The molecule has 2 fully saturated rings. The van der Waals surface area contributed by atoms with Crippen molar-refractivity contribution in [1.29, 1.82) is 0 Å². The third kappa shape index (κ3) is 6.11. The number of hydrogen-bond donors (Lipinski definition) is 2. The Bertz CT molecular complexity index is 724. The van der Waals surface area contributed by atoms with Crippen LogP contribution < -0.4 is 15.4 Å². The Balaban J connectivity index is 1.32. The molecule has 1 aromatic carbocycles. The van der Waals surface area contributed by atoms with E-state index in [1.165, 1.54) is 17.5 Å². The van der Waals surface area contributed by atoms with Crippen LogP contribution in [0, 0.1) is 12.8 Å². The lowest BCUT2D eigenvalue weighted by Crippen LogP contribution is -2.52. The minimum atomic E-state index is 0.312. The van der Waals surface area contributed by atoms with E-state index in [-0.39, 0.29) is 0 Å². The lowest BCUT2D eigenvalue weighted by atomic mass is 9.84. The van der Waals surface area contributed by atoms with Crippen LogP contribution in [0.5, 0.6) is 5.75 Å². The number of carbonyl (C=O) groups is 1. The minimum absolute atomic E-state index is 0.312. The van der Waals surface area contributed by atoms with Crippen molar-refractivity contribution in [2.24, 2.45) is 10.9 Å². The van der Waals surface area contributed by atoms with Gasteiger partial charge >= 0.3 is 0 Å². The number of piperazine rings is 1. The smallest absolute Gasteiger partial charge is 0.225 e. The largest absolute Gasteiger partial charge is 0.496 e. The van der Waals surface area contributed by atoms with E-state index in [1.54, 1.807) is 14.2 Å². The molecule has 1 amide bonds. The predicted octanol–water partition coefficient (Wildman–Crippen LogP) is 1.66. The van der Waals surface area contributed by atoms with Crippen molar-refractivity contribution in [3.8, 4) is 5.75 Å². The summed E-state index contributed by atoms with van der Waals surface area (Å²) in [5.74, 6) is 2.45. The Kier molecular flexibility index (Phi) is 8.37. The van der Waals surface area contributed by atoms with Gasteiger partial charge in [0.05, 0.1) is 7.11 Å². The van der Waals surface area contributed by atoms with E-state index in [0.29, 0.717) is 11.8 Å². The molecule has 1 saturated carbocycles. The number of aliphatic imine (C=N–C) groups is 1. The van der Waals surface area contributed by atoms with Crippen LogP contribution in [-0.2, 0) is 11.2 Å². The molecule has 0 spiro atoms. The molecule has 3 rings (SSSR count). The minimum Gasteiger partial charge on any atom is -0.496 e. The van der Waals surface area contributed by atoms with Crippen molar-refractivity contribution in [3.63, 3.8) is 0 Å². The van der Waals surface area contributed by atoms with E-state index in [1.807, 2.05) is 6.07 Å². The molecule has 0 bridgehead atoms. The normalized spacial score (nSPS) is 18.1. The lowest BCUT2D eigenvalue weighted by Gasteiger charge is -2.38. The van der Waals surface area contributed by atoms with Crippen molar-refractivity contribution >= 4 is 11.9 Å². The van der Waals surface area contributed by atoms with Crippen molar-refractivity contribution in [3.05, 3.63) is 29.3 Å². The third-order valence-corrected chi connectivity index (χ3v) is 6.21. The molecule has 0 aromatic heterocycles. The van der Waals surface area contributed by atoms with Gasteiger partial charge in [0.1, 0.15) is 5.75 Å². The predicted molar refractivity (Wildman–Crippen MR) is 121 cm³/mol. The monoisotopic (exact) mass is 415 g/mol. The zero-order valence-electron chi connectivity index (χ0n) is 18.7. The second kappa shape index (κ2) is 11.2. The summed E-state index contributed by atoms with van der Waals surface area (Å²) in [7, 11) is 3.51. The Labute approximate surface area is 180 Å². The van der Waals surface area contributed by atoms with Crippen LogP contribution in [0.25, 0.3) is 0 Å². The van der Waals surface area contributed by atoms with Crippen LogP contribution in [0.1, 0.15) is 30.4 Å². The van der Waals surface area contributed by atoms with Gasteiger partial charge in [-0.2, -0.15) is 0 Å². The number of amides is 1. The molecule has 1 saturated heterocycles. The van der Waals surface area contributed by atoms with Gasteiger partial charge in [-0.3, -0.25) is 14.7 Å². The van der Waals surface area contributed by atoms with Gasteiger partial charge in [-0.05, 0) is 37.8 Å². The first-order chi connectivity index (χ1) is 14.6. The van der Waals surface area contributed by atoms with Gasteiger partial charge in [0.15, 0.2) is 5.96 Å². The van der Waals surface area contributed by atoms with Gasteiger partial charge in [-0.25, -0.2) is 0 Å². The number of aryl methyl sites for hydroxylation is 1. The molecule has 1 aliphatic carbocycles. The molecule has 2 aliphatic rings. The Morgan fingerprint density at radius 2 is 1.90 bits per heavy atom. The summed E-state index contributed by atoms with van der Waals surface area (Å²) in [5.41, 5.74) is 2.44. The number of methoxy groups -OCH3 is 1. The first-order valence-electron chi connectivity index (χ1n) is 11.2. The van der Waals surface area contributed by atoms with Crippen LogP contribution in [-0.4, -0.2) is 81.6 Å². The number of ether oxygens (including phenoxy) is 1. The maximum absolute atomic E-state index is 12.4. The van der Waals surface area contributed by atoms with Crippen molar-refractivity contribution in [2.45, 2.75) is 32.6 Å². The summed E-state index contributed by atoms with van der Waals surface area (Å²) in [6.45, 7) is 8.32. The summed E-state index contributed by atoms with van der Waals surface area (Å²) in [6.07, 6.45) is 4.27. The quantitative estimate of drug-likeness (QED) is 0.499. The fourth-order valence-corrected chi connectivity index (χ4v) is 4.08. The summed E-state index contributed by atoms with van der Waals surface area (Å²) >= 11 is 0. The highest BCUT2D eigenvalue weighted by Crippen LogP contribution is 2.28. The average molecular weight is 416 g/mol. The van der Waals surface area contributed by atoms with E-state index in [2.05, 4.69) is 44.5 Å². The number of carbonyl (C=O) groups excluding carboxylic acids is 1. The zero-order chi connectivity index (χ0) is 21.3. The standard InChI is InChI=1S/C23H37N5O2/c1-18-7-8-21(30-3)20(17-18)9-10-25-23(24-2)26-11-12-27-13-15-28(16-14-27)22(29)19-5-4-6-19/h7-8,17,19H,4-6,9-16H2,1-3H3,(H2,24,25,26). The molecule has 0 unspecified atom stereocenters. The fraction of sp³-hybridized carbons (Fsp3) is 0.652. The zero-order valence-corrected chi connectivity index (χ0v) is 18.7. The second-order valence-electron chi connectivity index (χ2n) is 8.29. The number of rotatable bonds is 8. The van der Waals surface area contributed by atoms with Crippen LogP contribution in [0.4, 0.5) is 0 Å². The van der Waals surface area contributed by atoms with Gasteiger partial charge in [-0.15, -0.1) is 0 Å². The molecule has 30 heavy (non-hydrogen) atoms. The van der Waals surface area contributed by atoms with Crippen molar-refractivity contribution in [1.82, 2.24) is 20.4 Å². The highest BCUT2D eigenvalue weighted by Gasteiger charge is 2.30. The third-order valence-electron chi connectivity index (χ3n) is 6.21. The molecule has 0 radical (unpaired) electrons. The van der Waals surface area contributed by atoms with Gasteiger partial charge in [0.2, 0.25) is 5.91 Å². The molecule has 166 valence electrons. The average Bonchev–Trinajstić information content (AvgIpc) is 2.72. The summed E-state index contributed by atoms with van der Waals surface area (Å²) < 4.78 is 5.46. The molecule has 1 aromatic rings. The van der Waals surface area contributed by atoms with E-state index in [0.717, 1.165) is 76.8 Å². The second-order valence-corrected chi connectivity index (χ2v) is 8.29. The lowest BCUT2D eigenvalue weighted by molar-refractivity contribution is -0.139. The Morgan fingerprint density at radius 1 is 1.17 bits per heavy atom. The number of nitrogens with zero attached hydrogens (tertiary/aromatic N) is 3. The van der Waals surface area contributed by atoms with E-state index in [9.17, 15) is 4.79 Å². The highest BCUT2D eigenvalue weighted by atomic mass is 16.5. The van der Waals surface area contributed by atoms with Crippen LogP contribution in [0.2, 0.25) is 0 Å². The molecule has 1 heterocycles.